The van der Waals surface area contributed by atoms with Gasteiger partial charge in [-0.15, -0.1) is 0 Å². The molecule has 0 aliphatic heterocycles. The number of carbonyl (C=O) groups is 1. The summed E-state index contributed by atoms with van der Waals surface area (Å²) in [6.07, 6.45) is 3.32. The minimum atomic E-state index is -0.259. The number of hydrogen-bond acceptors (Lipinski definition) is 3. The van der Waals surface area contributed by atoms with Crippen molar-refractivity contribution in [2.75, 3.05) is 7.11 Å². The van der Waals surface area contributed by atoms with Crippen LogP contribution in [0.5, 0.6) is 5.75 Å². The molecule has 18 heavy (non-hydrogen) atoms. The van der Waals surface area contributed by atoms with E-state index in [0.717, 1.165) is 0 Å². The Morgan fingerprint density at radius 3 is 3.06 bits per heavy atom. The summed E-state index contributed by atoms with van der Waals surface area (Å²) in [6.45, 7) is 0.321. The van der Waals surface area contributed by atoms with Crippen molar-refractivity contribution in [3.63, 3.8) is 0 Å². The molecular formula is C12H12ClN3O2. The van der Waals surface area contributed by atoms with Gasteiger partial charge in [0.25, 0.3) is 5.91 Å². The molecule has 5 nitrogen and oxygen atoms in total. The quantitative estimate of drug-likeness (QED) is 0.889. The molecule has 0 atom stereocenters. The minimum Gasteiger partial charge on any atom is -0.496 e. The van der Waals surface area contributed by atoms with E-state index in [2.05, 4.69) is 15.3 Å². The normalized spacial score (nSPS) is 10.1. The average Bonchev–Trinajstić information content (AvgIpc) is 2.89. The molecule has 0 aliphatic carbocycles. The Morgan fingerprint density at radius 2 is 2.39 bits per heavy atom. The number of nitrogens with zero attached hydrogens (tertiary/aromatic N) is 1. The monoisotopic (exact) mass is 265 g/mol. The second-order valence-electron chi connectivity index (χ2n) is 3.56. The molecule has 0 aliphatic rings. The van der Waals surface area contributed by atoms with Crippen molar-refractivity contribution >= 4 is 17.5 Å². The van der Waals surface area contributed by atoms with Gasteiger partial charge in [0.15, 0.2) is 0 Å². The molecule has 0 bridgehead atoms. The van der Waals surface area contributed by atoms with Crippen molar-refractivity contribution in [2.24, 2.45) is 0 Å². The van der Waals surface area contributed by atoms with Crippen molar-refractivity contribution in [3.05, 3.63) is 47.0 Å². The molecule has 0 saturated heterocycles. The van der Waals surface area contributed by atoms with Crippen molar-refractivity contribution in [1.29, 1.82) is 0 Å². The van der Waals surface area contributed by atoms with Gasteiger partial charge in [-0.2, -0.15) is 0 Å². The minimum absolute atomic E-state index is 0.259. The van der Waals surface area contributed by atoms with Gasteiger partial charge >= 0.3 is 0 Å². The first kappa shape index (κ1) is 12.4. The highest BCUT2D eigenvalue weighted by atomic mass is 35.5. The van der Waals surface area contributed by atoms with Gasteiger partial charge in [0.05, 0.1) is 19.2 Å². The highest BCUT2D eigenvalue weighted by molar-refractivity contribution is 6.31. The Hall–Kier alpha value is -2.01. The highest BCUT2D eigenvalue weighted by Crippen LogP contribution is 2.22. The second kappa shape index (κ2) is 5.55. The molecule has 0 spiro atoms. The fourth-order valence-corrected chi connectivity index (χ4v) is 1.68. The second-order valence-corrected chi connectivity index (χ2v) is 4.00. The summed E-state index contributed by atoms with van der Waals surface area (Å²) in [5, 5.41) is 3.22. The SMILES string of the molecule is COc1ccc(Cl)cc1C(=O)NCc1ncc[nH]1. The van der Waals surface area contributed by atoms with E-state index in [4.69, 9.17) is 16.3 Å². The summed E-state index contributed by atoms with van der Waals surface area (Å²) in [7, 11) is 1.51. The highest BCUT2D eigenvalue weighted by Gasteiger charge is 2.12. The molecule has 0 saturated carbocycles. The van der Waals surface area contributed by atoms with E-state index in [-0.39, 0.29) is 5.91 Å². The van der Waals surface area contributed by atoms with E-state index in [9.17, 15) is 4.79 Å². The number of benzene rings is 1. The molecular weight excluding hydrogens is 254 g/mol. The number of H-pyrrole nitrogens is 1. The Balaban J connectivity index is 2.10. The van der Waals surface area contributed by atoms with Crippen LogP contribution in [-0.4, -0.2) is 23.0 Å². The van der Waals surface area contributed by atoms with Gasteiger partial charge in [-0.3, -0.25) is 4.79 Å². The number of aromatic amines is 1. The van der Waals surface area contributed by atoms with Crippen LogP contribution in [0.1, 0.15) is 16.2 Å². The first-order valence-electron chi connectivity index (χ1n) is 5.30. The fraction of sp³-hybridized carbons (Fsp3) is 0.167. The van der Waals surface area contributed by atoms with Gasteiger partial charge in [0.2, 0.25) is 0 Å². The summed E-state index contributed by atoms with van der Waals surface area (Å²) < 4.78 is 5.12. The number of ether oxygens (including phenoxy) is 1. The number of methoxy groups -OCH3 is 1. The topological polar surface area (TPSA) is 67.0 Å². The Morgan fingerprint density at radius 1 is 1.56 bits per heavy atom. The smallest absolute Gasteiger partial charge is 0.255 e. The van der Waals surface area contributed by atoms with Crippen LogP contribution in [0.15, 0.2) is 30.6 Å². The molecule has 1 aromatic heterocycles. The van der Waals surface area contributed by atoms with Crippen molar-refractivity contribution in [3.8, 4) is 5.75 Å². The summed E-state index contributed by atoms with van der Waals surface area (Å²) in [4.78, 5) is 18.9. The third-order valence-corrected chi connectivity index (χ3v) is 2.61. The van der Waals surface area contributed by atoms with E-state index in [1.54, 1.807) is 30.6 Å². The number of carbonyl (C=O) groups excluding carboxylic acids is 1. The first-order valence-corrected chi connectivity index (χ1v) is 5.68. The zero-order chi connectivity index (χ0) is 13.0. The van der Waals surface area contributed by atoms with Gasteiger partial charge in [0, 0.05) is 17.4 Å². The van der Waals surface area contributed by atoms with E-state index in [0.29, 0.717) is 28.7 Å². The maximum Gasteiger partial charge on any atom is 0.255 e. The maximum atomic E-state index is 12.0. The zero-order valence-electron chi connectivity index (χ0n) is 9.74. The van der Waals surface area contributed by atoms with Gasteiger partial charge in [-0.1, -0.05) is 11.6 Å². The Labute approximate surface area is 109 Å². The first-order chi connectivity index (χ1) is 8.70. The molecule has 1 heterocycles. The van der Waals surface area contributed by atoms with Gasteiger partial charge in [0.1, 0.15) is 11.6 Å². The predicted octanol–water partition coefficient (Wildman–Crippen LogP) is 2.00. The van der Waals surface area contributed by atoms with Crippen LogP contribution in [-0.2, 0) is 6.54 Å². The molecule has 2 rings (SSSR count). The number of aromatic nitrogens is 2. The van der Waals surface area contributed by atoms with Crippen LogP contribution in [0, 0.1) is 0 Å². The van der Waals surface area contributed by atoms with E-state index in [1.807, 2.05) is 0 Å². The largest absolute Gasteiger partial charge is 0.496 e. The fourth-order valence-electron chi connectivity index (χ4n) is 1.51. The Kier molecular flexibility index (Phi) is 3.84. The number of imidazole rings is 1. The van der Waals surface area contributed by atoms with E-state index < -0.39 is 0 Å². The number of rotatable bonds is 4. The van der Waals surface area contributed by atoms with Gasteiger partial charge < -0.3 is 15.0 Å². The van der Waals surface area contributed by atoms with Crippen molar-refractivity contribution in [1.82, 2.24) is 15.3 Å². The van der Waals surface area contributed by atoms with Crippen LogP contribution in [0.2, 0.25) is 5.02 Å². The Bertz CT molecular complexity index is 540. The lowest BCUT2D eigenvalue weighted by Crippen LogP contribution is -2.23. The lowest BCUT2D eigenvalue weighted by molar-refractivity contribution is 0.0947. The number of nitrogens with one attached hydrogen (secondary N) is 2. The summed E-state index contributed by atoms with van der Waals surface area (Å²) in [5.74, 6) is 0.909. The summed E-state index contributed by atoms with van der Waals surface area (Å²) in [5.41, 5.74) is 0.400. The van der Waals surface area contributed by atoms with Crippen molar-refractivity contribution in [2.45, 2.75) is 6.54 Å². The third kappa shape index (κ3) is 2.81. The predicted molar refractivity (Wildman–Crippen MR) is 67.8 cm³/mol. The average molecular weight is 266 g/mol. The lowest BCUT2D eigenvalue weighted by Gasteiger charge is -2.08. The molecule has 2 aromatic rings. The van der Waals surface area contributed by atoms with Crippen LogP contribution in [0.25, 0.3) is 0 Å². The maximum absolute atomic E-state index is 12.0. The van der Waals surface area contributed by atoms with Crippen LogP contribution in [0.3, 0.4) is 0 Å². The molecule has 0 unspecified atom stereocenters. The summed E-state index contributed by atoms with van der Waals surface area (Å²) in [6, 6.07) is 4.89. The molecule has 94 valence electrons. The van der Waals surface area contributed by atoms with Crippen LogP contribution < -0.4 is 10.1 Å². The number of hydrogen-bond donors (Lipinski definition) is 2. The van der Waals surface area contributed by atoms with E-state index >= 15 is 0 Å². The number of halogens is 1. The molecule has 0 radical (unpaired) electrons. The number of amides is 1. The van der Waals surface area contributed by atoms with Crippen molar-refractivity contribution < 1.29 is 9.53 Å². The standard InChI is InChI=1S/C12H12ClN3O2/c1-18-10-3-2-8(13)6-9(10)12(17)16-7-11-14-4-5-15-11/h2-6H,7H2,1H3,(H,14,15)(H,16,17). The molecule has 2 N–H and O–H groups in total. The van der Waals surface area contributed by atoms with Gasteiger partial charge in [-0.25, -0.2) is 4.98 Å². The third-order valence-electron chi connectivity index (χ3n) is 2.38. The van der Waals surface area contributed by atoms with E-state index in [1.165, 1.54) is 7.11 Å². The lowest BCUT2D eigenvalue weighted by atomic mass is 10.2. The molecule has 6 heteroatoms. The molecule has 0 fully saturated rings. The molecule has 1 aromatic carbocycles. The van der Waals surface area contributed by atoms with Gasteiger partial charge in [-0.05, 0) is 18.2 Å². The van der Waals surface area contributed by atoms with Crippen LogP contribution >= 0.6 is 11.6 Å². The van der Waals surface area contributed by atoms with Crippen LogP contribution in [0.4, 0.5) is 0 Å². The summed E-state index contributed by atoms with van der Waals surface area (Å²) >= 11 is 5.86. The zero-order valence-corrected chi connectivity index (χ0v) is 10.5. The molecule has 1 amide bonds.